The van der Waals surface area contributed by atoms with E-state index in [4.69, 9.17) is 9.47 Å². The van der Waals surface area contributed by atoms with Crippen LogP contribution in [0.25, 0.3) is 0 Å². The van der Waals surface area contributed by atoms with E-state index in [0.717, 1.165) is 37.1 Å². The largest absolute Gasteiger partial charge is 0.497 e. The molecule has 1 N–H and O–H groups in total. The molecule has 1 atom stereocenters. The van der Waals surface area contributed by atoms with E-state index in [0.29, 0.717) is 6.61 Å². The Labute approximate surface area is 127 Å². The highest BCUT2D eigenvalue weighted by molar-refractivity contribution is 5.97. The molecule has 0 aromatic heterocycles. The molecule has 0 aliphatic carbocycles. The van der Waals surface area contributed by atoms with Crippen LogP contribution in [0, 0.1) is 0 Å². The van der Waals surface area contributed by atoms with E-state index in [9.17, 15) is 4.79 Å². The fraction of sp³-hybridized carbons (Fsp3) is 0.588. The summed E-state index contributed by atoms with van der Waals surface area (Å²) in [6.07, 6.45) is 3.64. The van der Waals surface area contributed by atoms with Gasteiger partial charge < -0.3 is 14.8 Å². The number of anilines is 1. The SMILES string of the molecule is CCCC[C@@](C)(OCCC)C(=O)Nc1ccc(OC)cc1. The monoisotopic (exact) mass is 293 g/mol. The summed E-state index contributed by atoms with van der Waals surface area (Å²) in [6.45, 7) is 6.62. The van der Waals surface area contributed by atoms with E-state index in [1.807, 2.05) is 38.1 Å². The first-order valence-electron chi connectivity index (χ1n) is 7.65. The molecule has 4 heteroatoms. The molecule has 1 aromatic rings. The summed E-state index contributed by atoms with van der Waals surface area (Å²) in [7, 11) is 1.62. The van der Waals surface area contributed by atoms with Crippen molar-refractivity contribution in [3.8, 4) is 5.75 Å². The Balaban J connectivity index is 2.73. The fourth-order valence-electron chi connectivity index (χ4n) is 2.03. The number of carbonyl (C=O) groups excluding carboxylic acids is 1. The van der Waals surface area contributed by atoms with Crippen LogP contribution in [-0.2, 0) is 9.53 Å². The summed E-state index contributed by atoms with van der Waals surface area (Å²) in [6, 6.07) is 7.31. The lowest BCUT2D eigenvalue weighted by molar-refractivity contribution is -0.140. The number of ether oxygens (including phenoxy) is 2. The van der Waals surface area contributed by atoms with Gasteiger partial charge in [0.05, 0.1) is 7.11 Å². The number of carbonyl (C=O) groups is 1. The molecule has 0 saturated heterocycles. The average Bonchev–Trinajstić information content (AvgIpc) is 2.51. The lowest BCUT2D eigenvalue weighted by Gasteiger charge is -2.28. The molecule has 0 saturated carbocycles. The molecule has 0 aliphatic rings. The molecule has 118 valence electrons. The zero-order valence-electron chi connectivity index (χ0n) is 13.6. The average molecular weight is 293 g/mol. The summed E-state index contributed by atoms with van der Waals surface area (Å²) in [5, 5.41) is 2.93. The summed E-state index contributed by atoms with van der Waals surface area (Å²) >= 11 is 0. The van der Waals surface area contributed by atoms with Crippen LogP contribution in [0.1, 0.15) is 46.5 Å². The van der Waals surface area contributed by atoms with Gasteiger partial charge in [0.2, 0.25) is 0 Å². The minimum absolute atomic E-state index is 0.0884. The maximum Gasteiger partial charge on any atom is 0.256 e. The Morgan fingerprint density at radius 1 is 1.19 bits per heavy atom. The second-order valence-corrected chi connectivity index (χ2v) is 5.37. The normalized spacial score (nSPS) is 13.5. The van der Waals surface area contributed by atoms with Crippen molar-refractivity contribution in [1.29, 1.82) is 0 Å². The minimum atomic E-state index is -0.772. The van der Waals surface area contributed by atoms with Crippen LogP contribution in [0.4, 0.5) is 5.69 Å². The molecule has 1 rings (SSSR count). The highest BCUT2D eigenvalue weighted by Gasteiger charge is 2.33. The predicted molar refractivity (Wildman–Crippen MR) is 85.8 cm³/mol. The quantitative estimate of drug-likeness (QED) is 0.748. The number of benzene rings is 1. The Morgan fingerprint density at radius 2 is 1.86 bits per heavy atom. The van der Waals surface area contributed by atoms with Gasteiger partial charge in [-0.15, -0.1) is 0 Å². The fourth-order valence-corrected chi connectivity index (χ4v) is 2.03. The van der Waals surface area contributed by atoms with Gasteiger partial charge in [-0.2, -0.15) is 0 Å². The summed E-state index contributed by atoms with van der Waals surface area (Å²) < 4.78 is 10.9. The molecule has 0 bridgehead atoms. The lowest BCUT2D eigenvalue weighted by atomic mass is 9.97. The molecule has 0 unspecified atom stereocenters. The van der Waals surface area contributed by atoms with Gasteiger partial charge in [-0.25, -0.2) is 0 Å². The van der Waals surface area contributed by atoms with Crippen LogP contribution in [0.2, 0.25) is 0 Å². The highest BCUT2D eigenvalue weighted by Crippen LogP contribution is 2.23. The van der Waals surface area contributed by atoms with Crippen molar-refractivity contribution >= 4 is 11.6 Å². The molecule has 0 heterocycles. The van der Waals surface area contributed by atoms with Gasteiger partial charge in [0.15, 0.2) is 0 Å². The van der Waals surface area contributed by atoms with Crippen molar-refractivity contribution < 1.29 is 14.3 Å². The van der Waals surface area contributed by atoms with Crippen molar-refractivity contribution in [1.82, 2.24) is 0 Å². The zero-order chi connectivity index (χ0) is 15.7. The van der Waals surface area contributed by atoms with Crippen LogP contribution in [0.15, 0.2) is 24.3 Å². The smallest absolute Gasteiger partial charge is 0.256 e. The lowest BCUT2D eigenvalue weighted by Crippen LogP contribution is -2.43. The molecular weight excluding hydrogens is 266 g/mol. The molecule has 1 amide bonds. The third-order valence-electron chi connectivity index (χ3n) is 3.46. The van der Waals surface area contributed by atoms with Gasteiger partial charge in [-0.3, -0.25) is 4.79 Å². The molecule has 4 nitrogen and oxygen atoms in total. The van der Waals surface area contributed by atoms with Gasteiger partial charge in [-0.05, 0) is 44.0 Å². The van der Waals surface area contributed by atoms with Gasteiger partial charge in [0.1, 0.15) is 11.4 Å². The van der Waals surface area contributed by atoms with Crippen LogP contribution in [0.5, 0.6) is 5.75 Å². The summed E-state index contributed by atoms with van der Waals surface area (Å²) in [5.41, 5.74) is -0.0185. The van der Waals surface area contributed by atoms with Crippen molar-refractivity contribution in [2.24, 2.45) is 0 Å². The Morgan fingerprint density at radius 3 is 2.38 bits per heavy atom. The summed E-state index contributed by atoms with van der Waals surface area (Å²) in [5.74, 6) is 0.679. The van der Waals surface area contributed by atoms with Crippen LogP contribution >= 0.6 is 0 Å². The number of methoxy groups -OCH3 is 1. The van der Waals surface area contributed by atoms with E-state index in [1.165, 1.54) is 0 Å². The van der Waals surface area contributed by atoms with Crippen molar-refractivity contribution in [2.45, 2.75) is 52.1 Å². The van der Waals surface area contributed by atoms with Gasteiger partial charge in [0.25, 0.3) is 5.91 Å². The van der Waals surface area contributed by atoms with E-state index in [1.54, 1.807) is 7.11 Å². The predicted octanol–water partition coefficient (Wildman–Crippen LogP) is 4.01. The number of nitrogens with one attached hydrogen (secondary N) is 1. The van der Waals surface area contributed by atoms with Crippen molar-refractivity contribution in [3.63, 3.8) is 0 Å². The second kappa shape index (κ2) is 8.67. The van der Waals surface area contributed by atoms with E-state index >= 15 is 0 Å². The molecular formula is C17H27NO3. The van der Waals surface area contributed by atoms with Gasteiger partial charge in [-0.1, -0.05) is 26.7 Å². The molecule has 21 heavy (non-hydrogen) atoms. The first-order chi connectivity index (χ1) is 10.1. The van der Waals surface area contributed by atoms with Gasteiger partial charge in [0, 0.05) is 12.3 Å². The topological polar surface area (TPSA) is 47.6 Å². The number of amides is 1. The standard InChI is InChI=1S/C17H27NO3/c1-5-7-12-17(3,21-13-6-2)16(19)18-14-8-10-15(20-4)11-9-14/h8-11H,5-7,12-13H2,1-4H3,(H,18,19)/t17-/m1/s1. The Bertz CT molecular complexity index is 420. The zero-order valence-corrected chi connectivity index (χ0v) is 13.6. The van der Waals surface area contributed by atoms with E-state index in [-0.39, 0.29) is 5.91 Å². The molecule has 0 aliphatic heterocycles. The summed E-state index contributed by atoms with van der Waals surface area (Å²) in [4.78, 5) is 12.5. The van der Waals surface area contributed by atoms with Crippen LogP contribution in [-0.4, -0.2) is 25.2 Å². The Kier molecular flexibility index (Phi) is 7.23. The van der Waals surface area contributed by atoms with Crippen molar-refractivity contribution in [3.05, 3.63) is 24.3 Å². The number of hydrogen-bond acceptors (Lipinski definition) is 3. The van der Waals surface area contributed by atoms with E-state index < -0.39 is 5.60 Å². The maximum atomic E-state index is 12.5. The van der Waals surface area contributed by atoms with Crippen molar-refractivity contribution in [2.75, 3.05) is 19.0 Å². The molecule has 0 radical (unpaired) electrons. The molecule has 0 fully saturated rings. The molecule has 1 aromatic carbocycles. The van der Waals surface area contributed by atoms with Crippen LogP contribution < -0.4 is 10.1 Å². The first kappa shape index (κ1) is 17.5. The number of rotatable bonds is 9. The van der Waals surface area contributed by atoms with Crippen LogP contribution in [0.3, 0.4) is 0 Å². The Hall–Kier alpha value is -1.55. The third kappa shape index (κ3) is 5.38. The highest BCUT2D eigenvalue weighted by atomic mass is 16.5. The van der Waals surface area contributed by atoms with Gasteiger partial charge >= 0.3 is 0 Å². The third-order valence-corrected chi connectivity index (χ3v) is 3.46. The maximum absolute atomic E-state index is 12.5. The molecule has 0 spiro atoms. The number of hydrogen-bond donors (Lipinski definition) is 1. The number of unbranched alkanes of at least 4 members (excludes halogenated alkanes) is 1. The van der Waals surface area contributed by atoms with E-state index in [2.05, 4.69) is 12.2 Å². The minimum Gasteiger partial charge on any atom is -0.497 e. The second-order valence-electron chi connectivity index (χ2n) is 5.37. The first-order valence-corrected chi connectivity index (χ1v) is 7.65.